The minimum atomic E-state index is 0.218. The lowest BCUT2D eigenvalue weighted by atomic mass is 9.79. The monoisotopic (exact) mass is 252 g/mol. The van der Waals surface area contributed by atoms with E-state index in [4.69, 9.17) is 4.74 Å². The predicted molar refractivity (Wildman–Crippen MR) is 70.5 cm³/mol. The second kappa shape index (κ2) is 6.29. The van der Waals surface area contributed by atoms with Gasteiger partial charge in [-0.25, -0.2) is 0 Å². The van der Waals surface area contributed by atoms with Crippen LogP contribution in [0.3, 0.4) is 0 Å². The second-order valence-electron chi connectivity index (χ2n) is 5.20. The molecule has 1 aliphatic rings. The lowest BCUT2D eigenvalue weighted by molar-refractivity contribution is 0.184. The number of nitrogens with one attached hydrogen (secondary N) is 1. The maximum Gasteiger partial charge on any atom is 0.134 e. The van der Waals surface area contributed by atoms with E-state index in [2.05, 4.69) is 27.1 Å². The van der Waals surface area contributed by atoms with Crippen molar-refractivity contribution in [3.8, 4) is 0 Å². The van der Waals surface area contributed by atoms with E-state index in [1.54, 1.807) is 13.4 Å². The second-order valence-corrected chi connectivity index (χ2v) is 5.20. The first-order valence-corrected chi connectivity index (χ1v) is 6.84. The van der Waals surface area contributed by atoms with Crippen LogP contribution < -0.4 is 5.32 Å². The van der Waals surface area contributed by atoms with Crippen molar-refractivity contribution in [3.05, 3.63) is 12.2 Å². The van der Waals surface area contributed by atoms with Gasteiger partial charge in [-0.1, -0.05) is 19.3 Å². The van der Waals surface area contributed by atoms with Crippen LogP contribution in [0.2, 0.25) is 0 Å². The summed E-state index contributed by atoms with van der Waals surface area (Å²) < 4.78 is 7.23. The summed E-state index contributed by atoms with van der Waals surface area (Å²) in [6.45, 7) is 1.54. The van der Waals surface area contributed by atoms with Gasteiger partial charge in [0.1, 0.15) is 12.2 Å². The summed E-state index contributed by atoms with van der Waals surface area (Å²) in [7, 11) is 3.79. The Hall–Kier alpha value is -0.940. The molecule has 0 aromatic carbocycles. The number of rotatable bonds is 6. The van der Waals surface area contributed by atoms with Crippen molar-refractivity contribution in [2.45, 2.75) is 50.6 Å². The highest BCUT2D eigenvalue weighted by atomic mass is 16.5. The van der Waals surface area contributed by atoms with Crippen molar-refractivity contribution >= 4 is 0 Å². The highest BCUT2D eigenvalue weighted by Gasteiger charge is 2.31. The fourth-order valence-corrected chi connectivity index (χ4v) is 2.84. The molecule has 5 heteroatoms. The summed E-state index contributed by atoms with van der Waals surface area (Å²) >= 11 is 0. The molecule has 18 heavy (non-hydrogen) atoms. The zero-order chi connectivity index (χ0) is 12.8. The van der Waals surface area contributed by atoms with Gasteiger partial charge in [0.05, 0.1) is 6.61 Å². The third kappa shape index (κ3) is 3.09. The minimum Gasteiger partial charge on any atom is -0.383 e. The van der Waals surface area contributed by atoms with Gasteiger partial charge < -0.3 is 14.6 Å². The zero-order valence-electron chi connectivity index (χ0n) is 11.5. The van der Waals surface area contributed by atoms with E-state index in [9.17, 15) is 0 Å². The molecular formula is C13H24N4O. The molecule has 102 valence electrons. The van der Waals surface area contributed by atoms with Crippen LogP contribution in [0, 0.1) is 0 Å². The number of likely N-dealkylation sites (N-methyl/N-ethyl adjacent to an activating group) is 1. The van der Waals surface area contributed by atoms with E-state index in [1.165, 1.54) is 32.1 Å². The van der Waals surface area contributed by atoms with Crippen molar-refractivity contribution in [2.24, 2.45) is 0 Å². The Balaban J connectivity index is 2.04. The Morgan fingerprint density at radius 2 is 2.17 bits per heavy atom. The first-order chi connectivity index (χ1) is 8.79. The number of hydrogen-bond acceptors (Lipinski definition) is 4. The van der Waals surface area contributed by atoms with Crippen LogP contribution in [0.1, 0.15) is 37.9 Å². The fourth-order valence-electron chi connectivity index (χ4n) is 2.84. The maximum absolute atomic E-state index is 5.12. The van der Waals surface area contributed by atoms with Crippen LogP contribution in [0.25, 0.3) is 0 Å². The molecule has 2 rings (SSSR count). The van der Waals surface area contributed by atoms with E-state index in [0.717, 1.165) is 18.8 Å². The molecule has 1 fully saturated rings. The molecular weight excluding hydrogens is 228 g/mol. The van der Waals surface area contributed by atoms with E-state index < -0.39 is 0 Å². The summed E-state index contributed by atoms with van der Waals surface area (Å²) in [4.78, 5) is 0. The zero-order valence-corrected chi connectivity index (χ0v) is 11.5. The fraction of sp³-hybridized carbons (Fsp3) is 0.846. The van der Waals surface area contributed by atoms with Gasteiger partial charge in [0, 0.05) is 25.6 Å². The Morgan fingerprint density at radius 1 is 1.39 bits per heavy atom. The molecule has 0 saturated heterocycles. The molecule has 5 nitrogen and oxygen atoms in total. The third-order valence-corrected chi connectivity index (χ3v) is 4.07. The van der Waals surface area contributed by atoms with Crippen molar-refractivity contribution in [1.29, 1.82) is 0 Å². The lowest BCUT2D eigenvalue weighted by Crippen LogP contribution is -2.47. The van der Waals surface area contributed by atoms with Crippen molar-refractivity contribution in [1.82, 2.24) is 20.1 Å². The standard InChI is InChI=1S/C13H24N4O/c1-14-13(6-4-3-5-7-13)10-12-16-15-11-17(12)8-9-18-2/h11,14H,3-10H2,1-2H3. The molecule has 1 aromatic heterocycles. The summed E-state index contributed by atoms with van der Waals surface area (Å²) in [5.41, 5.74) is 0.218. The summed E-state index contributed by atoms with van der Waals surface area (Å²) in [5.74, 6) is 1.07. The maximum atomic E-state index is 5.12. The van der Waals surface area contributed by atoms with Crippen LogP contribution in [0.5, 0.6) is 0 Å². The molecule has 1 heterocycles. The molecule has 0 unspecified atom stereocenters. The summed E-state index contributed by atoms with van der Waals surface area (Å²) in [6.07, 6.45) is 9.23. The molecule has 1 saturated carbocycles. The lowest BCUT2D eigenvalue weighted by Gasteiger charge is -2.36. The van der Waals surface area contributed by atoms with Crippen LogP contribution in [0.4, 0.5) is 0 Å². The number of methoxy groups -OCH3 is 1. The number of aromatic nitrogens is 3. The van der Waals surface area contributed by atoms with Gasteiger partial charge in [0.2, 0.25) is 0 Å². The average molecular weight is 252 g/mol. The van der Waals surface area contributed by atoms with Crippen molar-refractivity contribution in [2.75, 3.05) is 20.8 Å². The summed E-state index contributed by atoms with van der Waals surface area (Å²) in [6, 6.07) is 0. The van der Waals surface area contributed by atoms with Gasteiger partial charge in [0.25, 0.3) is 0 Å². The molecule has 1 aliphatic carbocycles. The van der Waals surface area contributed by atoms with Crippen LogP contribution in [-0.4, -0.2) is 41.1 Å². The Labute approximate surface area is 109 Å². The molecule has 0 bridgehead atoms. The normalized spacial score (nSPS) is 19.0. The summed E-state index contributed by atoms with van der Waals surface area (Å²) in [5, 5.41) is 11.8. The van der Waals surface area contributed by atoms with E-state index in [-0.39, 0.29) is 5.54 Å². The first-order valence-electron chi connectivity index (χ1n) is 6.84. The van der Waals surface area contributed by atoms with E-state index >= 15 is 0 Å². The molecule has 0 aliphatic heterocycles. The van der Waals surface area contributed by atoms with E-state index in [0.29, 0.717) is 6.61 Å². The molecule has 0 amide bonds. The molecule has 0 atom stereocenters. The number of nitrogens with zero attached hydrogens (tertiary/aromatic N) is 3. The Morgan fingerprint density at radius 3 is 2.83 bits per heavy atom. The quantitative estimate of drug-likeness (QED) is 0.831. The first kappa shape index (κ1) is 13.5. The molecule has 1 N–H and O–H groups in total. The Kier molecular flexibility index (Phi) is 4.72. The largest absolute Gasteiger partial charge is 0.383 e. The van der Waals surface area contributed by atoms with Crippen molar-refractivity contribution < 1.29 is 4.74 Å². The van der Waals surface area contributed by atoms with E-state index in [1.807, 2.05) is 0 Å². The highest BCUT2D eigenvalue weighted by molar-refractivity contribution is 5.00. The molecule has 0 spiro atoms. The van der Waals surface area contributed by atoms with Crippen LogP contribution in [0.15, 0.2) is 6.33 Å². The minimum absolute atomic E-state index is 0.218. The van der Waals surface area contributed by atoms with Crippen molar-refractivity contribution in [3.63, 3.8) is 0 Å². The predicted octanol–water partition coefficient (Wildman–Crippen LogP) is 1.39. The van der Waals surface area contributed by atoms with Gasteiger partial charge in [0.15, 0.2) is 0 Å². The van der Waals surface area contributed by atoms with Crippen LogP contribution >= 0.6 is 0 Å². The van der Waals surface area contributed by atoms with Crippen LogP contribution in [-0.2, 0) is 17.7 Å². The topological polar surface area (TPSA) is 52.0 Å². The van der Waals surface area contributed by atoms with Gasteiger partial charge in [-0.2, -0.15) is 0 Å². The SMILES string of the molecule is CNC1(Cc2nncn2CCOC)CCCCC1. The third-order valence-electron chi connectivity index (χ3n) is 4.07. The molecule has 0 radical (unpaired) electrons. The van der Waals surface area contributed by atoms with Gasteiger partial charge in [-0.15, -0.1) is 10.2 Å². The molecule has 1 aromatic rings. The van der Waals surface area contributed by atoms with Gasteiger partial charge >= 0.3 is 0 Å². The average Bonchev–Trinajstić information content (AvgIpc) is 2.84. The highest BCUT2D eigenvalue weighted by Crippen LogP contribution is 2.30. The van der Waals surface area contributed by atoms with Gasteiger partial charge in [-0.05, 0) is 19.9 Å². The Bertz CT molecular complexity index is 358. The smallest absolute Gasteiger partial charge is 0.134 e. The number of ether oxygens (including phenoxy) is 1. The van der Waals surface area contributed by atoms with Gasteiger partial charge in [-0.3, -0.25) is 0 Å². The number of hydrogen-bond donors (Lipinski definition) is 1.